The van der Waals surface area contributed by atoms with E-state index in [2.05, 4.69) is 252 Å². The van der Waals surface area contributed by atoms with Crippen LogP contribution in [-0.2, 0) is 0 Å². The van der Waals surface area contributed by atoms with Gasteiger partial charge in [-0.15, -0.1) is 0 Å². The Labute approximate surface area is 411 Å². The summed E-state index contributed by atoms with van der Waals surface area (Å²) in [5.41, 5.74) is 18.3. The molecule has 0 unspecified atom stereocenters. The number of hydrogen-bond donors (Lipinski definition) is 0. The normalized spacial score (nSPS) is 12.7. The van der Waals surface area contributed by atoms with Crippen molar-refractivity contribution < 1.29 is 4.74 Å². The van der Waals surface area contributed by atoms with E-state index in [4.69, 9.17) is 9.72 Å². The number of ether oxygens (including phenoxy) is 1. The summed E-state index contributed by atoms with van der Waals surface area (Å²) in [5, 5.41) is 7.18. The molecule has 0 saturated heterocycles. The van der Waals surface area contributed by atoms with Crippen molar-refractivity contribution in [3.8, 4) is 39.8 Å². The highest BCUT2D eigenvalue weighted by Crippen LogP contribution is 2.45. The van der Waals surface area contributed by atoms with Crippen LogP contribution in [0.5, 0.6) is 11.5 Å². The fraction of sp³-hybridized carbons (Fsp3) is 0.0781. The van der Waals surface area contributed by atoms with Crippen LogP contribution in [0.2, 0.25) is 0 Å². The van der Waals surface area contributed by atoms with Gasteiger partial charge in [0.25, 0.3) is 0 Å². The summed E-state index contributed by atoms with van der Waals surface area (Å²) < 4.78 is 14.0. The molecule has 0 saturated carbocycles. The topological polar surface area (TPSA) is 43.4 Å². The molecule has 71 heavy (non-hydrogen) atoms. The quantitative estimate of drug-likeness (QED) is 0.160. The minimum atomic E-state index is 0.758. The molecule has 0 spiro atoms. The predicted octanol–water partition coefficient (Wildman–Crippen LogP) is 16.3. The van der Waals surface area contributed by atoms with Crippen LogP contribution in [0.4, 0.5) is 17.1 Å². The molecular formula is C64H48N6O. The highest BCUT2D eigenvalue weighted by molar-refractivity contribution is 6.13. The van der Waals surface area contributed by atoms with Crippen molar-refractivity contribution >= 4 is 82.5 Å². The Hall–Kier alpha value is -9.07. The van der Waals surface area contributed by atoms with Crippen molar-refractivity contribution in [2.45, 2.75) is 20.8 Å². The van der Waals surface area contributed by atoms with E-state index in [1.165, 1.54) is 44.0 Å². The lowest BCUT2D eigenvalue weighted by Crippen LogP contribution is -2.23. The molecule has 0 atom stereocenters. The van der Waals surface area contributed by atoms with Crippen molar-refractivity contribution in [1.82, 2.24) is 18.7 Å². The second-order valence-electron chi connectivity index (χ2n) is 19.1. The summed E-state index contributed by atoms with van der Waals surface area (Å²) in [4.78, 5) is 10.1. The molecule has 7 heteroatoms. The van der Waals surface area contributed by atoms with E-state index in [0.717, 1.165) is 102 Å². The van der Waals surface area contributed by atoms with Crippen molar-refractivity contribution in [2.24, 2.45) is 0 Å². The van der Waals surface area contributed by atoms with Crippen LogP contribution < -0.4 is 14.5 Å². The maximum atomic E-state index is 6.77. The SMILES string of the molecule is Cc1cc2c(cc1C)N(c1cccc(Oc3ccc4c5ccccc5n(-c5cc(C)c(-c6c(-n7c8ccccc8c8ccccc87)cccc6-n6c7ccccc7c7ccccc76)cn5)c4c3)c1)CN2C. The highest BCUT2D eigenvalue weighted by atomic mass is 16.5. The van der Waals surface area contributed by atoms with Crippen LogP contribution in [0.15, 0.2) is 206 Å². The number of nitrogens with zero attached hydrogens (tertiary/aromatic N) is 6. The molecule has 340 valence electrons. The molecule has 0 fully saturated rings. The van der Waals surface area contributed by atoms with Gasteiger partial charge in [-0.25, -0.2) is 4.98 Å². The van der Waals surface area contributed by atoms with E-state index < -0.39 is 0 Å². The summed E-state index contributed by atoms with van der Waals surface area (Å²) in [6.45, 7) is 7.36. The van der Waals surface area contributed by atoms with E-state index in [1.807, 2.05) is 6.07 Å². The van der Waals surface area contributed by atoms with Crippen LogP contribution in [0.1, 0.15) is 16.7 Å². The molecule has 0 aliphatic carbocycles. The lowest BCUT2D eigenvalue weighted by molar-refractivity contribution is 0.483. The molecule has 4 aromatic heterocycles. The van der Waals surface area contributed by atoms with Crippen molar-refractivity contribution in [2.75, 3.05) is 23.5 Å². The van der Waals surface area contributed by atoms with E-state index in [9.17, 15) is 0 Å². The molecule has 7 nitrogen and oxygen atoms in total. The van der Waals surface area contributed by atoms with Crippen LogP contribution >= 0.6 is 0 Å². The molecule has 1 aliphatic rings. The molecular weight excluding hydrogens is 869 g/mol. The Balaban J connectivity index is 0.931. The second kappa shape index (κ2) is 15.7. The smallest absolute Gasteiger partial charge is 0.137 e. The number of rotatable bonds is 7. The van der Waals surface area contributed by atoms with Gasteiger partial charge >= 0.3 is 0 Å². The lowest BCUT2D eigenvalue weighted by Gasteiger charge is -2.21. The maximum absolute atomic E-state index is 6.77. The minimum Gasteiger partial charge on any atom is -0.457 e. The average Bonchev–Trinajstić information content (AvgIpc) is 4.13. The van der Waals surface area contributed by atoms with Gasteiger partial charge in [-0.2, -0.15) is 0 Å². The van der Waals surface area contributed by atoms with Gasteiger partial charge in [0.05, 0.1) is 62.5 Å². The van der Waals surface area contributed by atoms with Crippen LogP contribution in [0.25, 0.3) is 93.7 Å². The summed E-state index contributed by atoms with van der Waals surface area (Å²) in [6, 6.07) is 72.1. The zero-order chi connectivity index (χ0) is 47.5. The van der Waals surface area contributed by atoms with E-state index >= 15 is 0 Å². The Morgan fingerprint density at radius 2 is 0.873 bits per heavy atom. The number of benzene rings is 9. The highest BCUT2D eigenvalue weighted by Gasteiger charge is 2.27. The van der Waals surface area contributed by atoms with Crippen molar-refractivity contribution in [3.63, 3.8) is 0 Å². The molecule has 14 rings (SSSR count). The predicted molar refractivity (Wildman–Crippen MR) is 295 cm³/mol. The summed E-state index contributed by atoms with van der Waals surface area (Å²) in [7, 11) is 2.16. The third kappa shape index (κ3) is 6.25. The molecule has 5 heterocycles. The number of pyridine rings is 1. The van der Waals surface area contributed by atoms with E-state index in [0.29, 0.717) is 0 Å². The van der Waals surface area contributed by atoms with Gasteiger partial charge < -0.3 is 23.7 Å². The number of aryl methyl sites for hydroxylation is 3. The molecule has 0 amide bonds. The van der Waals surface area contributed by atoms with Gasteiger partial charge in [0.15, 0.2) is 0 Å². The van der Waals surface area contributed by atoms with Crippen LogP contribution in [-0.4, -0.2) is 32.4 Å². The lowest BCUT2D eigenvalue weighted by atomic mass is 9.98. The number of para-hydroxylation sites is 5. The summed E-state index contributed by atoms with van der Waals surface area (Å²) in [6.07, 6.45) is 2.10. The van der Waals surface area contributed by atoms with Gasteiger partial charge in [-0.1, -0.05) is 103 Å². The first kappa shape index (κ1) is 40.9. The monoisotopic (exact) mass is 916 g/mol. The number of anilines is 3. The van der Waals surface area contributed by atoms with Gasteiger partial charge in [0.2, 0.25) is 0 Å². The standard InChI is InChI=1S/C64H48N6O/c1-40-33-61-62(34-41(40)2)67(39-66(61)4)43-17-15-18-44(36-43)71-45-31-32-51-50-23-9-14-28-57(50)70(60(51)37-45)63-35-42(3)52(38-65-63)64-58(68-53-24-10-5-19-46(53)47-20-6-11-25-54(47)68)29-16-30-59(64)69-55-26-12-7-21-48(55)49-22-8-13-27-56(49)69/h5-38H,39H2,1-4H3. The van der Waals surface area contributed by atoms with Crippen LogP contribution in [0.3, 0.4) is 0 Å². The fourth-order valence-electron chi connectivity index (χ4n) is 11.5. The van der Waals surface area contributed by atoms with Crippen molar-refractivity contribution in [3.05, 3.63) is 223 Å². The Kier molecular flexibility index (Phi) is 9.08. The first-order chi connectivity index (χ1) is 34.9. The third-order valence-corrected chi connectivity index (χ3v) is 14.9. The average molecular weight is 917 g/mol. The number of fused-ring (bicyclic) bond motifs is 10. The second-order valence-corrected chi connectivity index (χ2v) is 19.1. The Bertz CT molecular complexity index is 4090. The molecule has 0 radical (unpaired) electrons. The molecule has 9 aromatic carbocycles. The van der Waals surface area contributed by atoms with Gasteiger partial charge in [-0.3, -0.25) is 4.57 Å². The first-order valence-electron chi connectivity index (χ1n) is 24.4. The minimum absolute atomic E-state index is 0.758. The molecule has 0 N–H and O–H groups in total. The fourth-order valence-corrected chi connectivity index (χ4v) is 11.5. The third-order valence-electron chi connectivity index (χ3n) is 14.9. The Morgan fingerprint density at radius 1 is 0.394 bits per heavy atom. The number of aromatic nitrogens is 4. The maximum Gasteiger partial charge on any atom is 0.137 e. The summed E-state index contributed by atoms with van der Waals surface area (Å²) in [5.74, 6) is 2.38. The van der Waals surface area contributed by atoms with Crippen molar-refractivity contribution in [1.29, 1.82) is 0 Å². The number of hydrogen-bond acceptors (Lipinski definition) is 4. The van der Waals surface area contributed by atoms with Gasteiger partial charge in [-0.05, 0) is 122 Å². The zero-order valence-corrected chi connectivity index (χ0v) is 39.9. The van der Waals surface area contributed by atoms with Crippen LogP contribution in [0, 0.1) is 20.8 Å². The van der Waals surface area contributed by atoms with E-state index in [-0.39, 0.29) is 0 Å². The Morgan fingerprint density at radius 3 is 1.42 bits per heavy atom. The molecule has 13 aromatic rings. The van der Waals surface area contributed by atoms with Gasteiger partial charge in [0.1, 0.15) is 17.3 Å². The summed E-state index contributed by atoms with van der Waals surface area (Å²) >= 11 is 0. The largest absolute Gasteiger partial charge is 0.457 e. The molecule has 0 bridgehead atoms. The first-order valence-corrected chi connectivity index (χ1v) is 24.4. The molecule has 1 aliphatic heterocycles. The van der Waals surface area contributed by atoms with Gasteiger partial charge in [0, 0.05) is 74.5 Å². The van der Waals surface area contributed by atoms with E-state index in [1.54, 1.807) is 0 Å². The zero-order valence-electron chi connectivity index (χ0n) is 39.9.